The number of nitrogen functional groups attached to an aromatic ring is 1. The lowest BCUT2D eigenvalue weighted by Crippen LogP contribution is -2.42. The highest BCUT2D eigenvalue weighted by Crippen LogP contribution is 2.30. The summed E-state index contributed by atoms with van der Waals surface area (Å²) in [4.78, 5) is 43.0. The number of methoxy groups -OCH3 is 1. The summed E-state index contributed by atoms with van der Waals surface area (Å²) in [5.41, 5.74) is 6.84. The number of ether oxygens (including phenoxy) is 1. The predicted molar refractivity (Wildman–Crippen MR) is 129 cm³/mol. The number of nitrogens with zero attached hydrogens (tertiary/aromatic N) is 3. The number of para-hydroxylation sites is 1. The maximum Gasteiger partial charge on any atom is 0.330 e. The van der Waals surface area contributed by atoms with Crippen LogP contribution in [0.3, 0.4) is 0 Å². The minimum absolute atomic E-state index is 0.00975. The average molecular weight is 470 g/mol. The summed E-state index contributed by atoms with van der Waals surface area (Å²) >= 11 is 0. The van der Waals surface area contributed by atoms with E-state index >= 15 is 0 Å². The van der Waals surface area contributed by atoms with E-state index < -0.39 is 23.1 Å². The first-order chi connectivity index (χ1) is 16.2. The van der Waals surface area contributed by atoms with Gasteiger partial charge in [0.15, 0.2) is 5.69 Å². The molecule has 0 saturated carbocycles. The van der Waals surface area contributed by atoms with E-state index in [0.717, 1.165) is 6.42 Å². The van der Waals surface area contributed by atoms with Gasteiger partial charge in [0.05, 0.1) is 25.3 Å². The van der Waals surface area contributed by atoms with Crippen molar-refractivity contribution >= 4 is 17.4 Å². The van der Waals surface area contributed by atoms with E-state index in [-0.39, 0.29) is 18.1 Å². The quantitative estimate of drug-likeness (QED) is 0.492. The van der Waals surface area contributed by atoms with Crippen LogP contribution in [-0.2, 0) is 17.9 Å². The smallest absolute Gasteiger partial charge is 0.330 e. The fourth-order valence-corrected chi connectivity index (χ4v) is 4.11. The van der Waals surface area contributed by atoms with Gasteiger partial charge in [0.2, 0.25) is 5.91 Å². The van der Waals surface area contributed by atoms with Gasteiger partial charge >= 0.3 is 5.69 Å². The highest BCUT2D eigenvalue weighted by molar-refractivity contribution is 5.99. The molecule has 1 aromatic carbocycles. The molecule has 0 aliphatic heterocycles. The second-order valence-electron chi connectivity index (χ2n) is 8.19. The Hall–Kier alpha value is -3.82. The molecule has 1 atom stereocenters. The number of hydrogen-bond acceptors (Lipinski definition) is 7. The lowest BCUT2D eigenvalue weighted by atomic mass is 9.97. The van der Waals surface area contributed by atoms with Gasteiger partial charge < -0.3 is 15.0 Å². The number of anilines is 2. The molecule has 2 aromatic heterocycles. The molecular weight excluding hydrogens is 438 g/mol. The SMILES string of the molecule is CCCCn1c(N)c(N(Cc2ccccc2OC)C(=O)C(C)c2c(C)noc2C)c(=O)[nH]c1=O. The molecule has 10 nitrogen and oxygen atoms in total. The number of amides is 1. The maximum atomic E-state index is 13.9. The van der Waals surface area contributed by atoms with Crippen molar-refractivity contribution in [3.8, 4) is 5.75 Å². The summed E-state index contributed by atoms with van der Waals surface area (Å²) < 4.78 is 12.0. The number of rotatable bonds is 9. The van der Waals surface area contributed by atoms with E-state index in [9.17, 15) is 14.4 Å². The summed E-state index contributed by atoms with van der Waals surface area (Å²) in [6.45, 7) is 7.52. The Morgan fingerprint density at radius 1 is 1.29 bits per heavy atom. The summed E-state index contributed by atoms with van der Waals surface area (Å²) in [6.07, 6.45) is 1.51. The molecule has 1 amide bonds. The molecule has 0 fully saturated rings. The number of hydrogen-bond donors (Lipinski definition) is 2. The van der Waals surface area contributed by atoms with Crippen LogP contribution in [0.5, 0.6) is 5.75 Å². The normalized spacial score (nSPS) is 11.9. The van der Waals surface area contributed by atoms with Gasteiger partial charge in [-0.15, -0.1) is 0 Å². The molecule has 0 spiro atoms. The molecule has 182 valence electrons. The van der Waals surface area contributed by atoms with Crippen LogP contribution in [-0.4, -0.2) is 27.7 Å². The first-order valence-electron chi connectivity index (χ1n) is 11.2. The molecular formula is C24H31N5O5. The third kappa shape index (κ3) is 4.75. The molecule has 1 unspecified atom stereocenters. The van der Waals surface area contributed by atoms with Crippen molar-refractivity contribution in [2.75, 3.05) is 17.7 Å². The topological polar surface area (TPSA) is 136 Å². The van der Waals surface area contributed by atoms with Crippen LogP contribution in [0, 0.1) is 13.8 Å². The van der Waals surface area contributed by atoms with E-state index in [1.807, 2.05) is 19.1 Å². The van der Waals surface area contributed by atoms with Crippen LogP contribution < -0.4 is 26.6 Å². The summed E-state index contributed by atoms with van der Waals surface area (Å²) in [5, 5.41) is 3.95. The third-order valence-corrected chi connectivity index (χ3v) is 5.90. The van der Waals surface area contributed by atoms with Gasteiger partial charge in [0.1, 0.15) is 17.3 Å². The molecule has 0 aliphatic carbocycles. The Kier molecular flexibility index (Phi) is 7.60. The number of carbonyl (C=O) groups is 1. The lowest BCUT2D eigenvalue weighted by molar-refractivity contribution is -0.119. The largest absolute Gasteiger partial charge is 0.496 e. The zero-order valence-corrected chi connectivity index (χ0v) is 20.2. The molecule has 3 rings (SSSR count). The van der Waals surface area contributed by atoms with Gasteiger partial charge in [-0.3, -0.25) is 24.0 Å². The lowest BCUT2D eigenvalue weighted by Gasteiger charge is -2.28. The van der Waals surface area contributed by atoms with Gasteiger partial charge in [-0.05, 0) is 33.3 Å². The van der Waals surface area contributed by atoms with Crippen LogP contribution >= 0.6 is 0 Å². The minimum atomic E-state index is -0.732. The number of nitrogens with one attached hydrogen (secondary N) is 1. The minimum Gasteiger partial charge on any atom is -0.496 e. The number of aromatic amines is 1. The van der Waals surface area contributed by atoms with Crippen molar-refractivity contribution in [2.45, 2.75) is 59.5 Å². The van der Waals surface area contributed by atoms with Crippen molar-refractivity contribution in [3.05, 3.63) is 67.7 Å². The molecule has 34 heavy (non-hydrogen) atoms. The zero-order chi connectivity index (χ0) is 25.0. The van der Waals surface area contributed by atoms with Crippen LogP contribution in [0.25, 0.3) is 0 Å². The Balaban J connectivity index is 2.19. The number of nitrogens with two attached hydrogens (primary N) is 1. The number of H-pyrrole nitrogens is 1. The molecule has 3 N–H and O–H groups in total. The molecule has 10 heteroatoms. The van der Waals surface area contributed by atoms with E-state index in [2.05, 4.69) is 10.1 Å². The van der Waals surface area contributed by atoms with Crippen LogP contribution in [0.15, 0.2) is 38.4 Å². The van der Waals surface area contributed by atoms with Crippen molar-refractivity contribution in [1.82, 2.24) is 14.7 Å². The summed E-state index contributed by atoms with van der Waals surface area (Å²) in [6, 6.07) is 7.20. The first-order valence-corrected chi connectivity index (χ1v) is 11.2. The number of benzene rings is 1. The molecule has 3 aromatic rings. The van der Waals surface area contributed by atoms with Crippen molar-refractivity contribution in [2.24, 2.45) is 0 Å². The van der Waals surface area contributed by atoms with E-state index in [1.165, 1.54) is 16.6 Å². The summed E-state index contributed by atoms with van der Waals surface area (Å²) in [7, 11) is 1.53. The fourth-order valence-electron chi connectivity index (χ4n) is 4.11. The maximum absolute atomic E-state index is 13.9. The van der Waals surface area contributed by atoms with Gasteiger partial charge in [0, 0.05) is 17.7 Å². The molecule has 0 saturated heterocycles. The van der Waals surface area contributed by atoms with E-state index in [4.69, 9.17) is 15.0 Å². The van der Waals surface area contributed by atoms with Gasteiger partial charge in [-0.1, -0.05) is 36.7 Å². The van der Waals surface area contributed by atoms with Gasteiger partial charge in [-0.25, -0.2) is 4.79 Å². The van der Waals surface area contributed by atoms with Crippen molar-refractivity contribution < 1.29 is 14.1 Å². The van der Waals surface area contributed by atoms with Crippen molar-refractivity contribution in [3.63, 3.8) is 0 Å². The Labute approximate surface area is 197 Å². The number of carbonyl (C=O) groups excluding carboxylic acids is 1. The Morgan fingerprint density at radius 2 is 2.00 bits per heavy atom. The predicted octanol–water partition coefficient (Wildman–Crippen LogP) is 2.87. The van der Waals surface area contributed by atoms with Crippen molar-refractivity contribution in [1.29, 1.82) is 0 Å². The second-order valence-corrected chi connectivity index (χ2v) is 8.19. The molecule has 0 aliphatic rings. The Morgan fingerprint density at radius 3 is 2.62 bits per heavy atom. The number of aromatic nitrogens is 3. The number of aryl methyl sites for hydroxylation is 2. The standard InChI is InChI=1S/C24H31N5O5/c1-6-7-12-28-21(25)20(22(30)26-24(28)32)29(13-17-10-8-9-11-18(17)33-5)23(31)14(2)19-15(3)27-34-16(19)4/h8-11,14H,6-7,12-13,25H2,1-5H3,(H,26,30,32). The molecule has 0 bridgehead atoms. The van der Waals surface area contributed by atoms with Crippen LogP contribution in [0.1, 0.15) is 55.2 Å². The first kappa shape index (κ1) is 24.8. The molecule has 2 heterocycles. The van der Waals surface area contributed by atoms with Gasteiger partial charge in [0.25, 0.3) is 5.56 Å². The third-order valence-electron chi connectivity index (χ3n) is 5.90. The molecule has 0 radical (unpaired) electrons. The number of unbranched alkanes of at least 4 members (excludes halogenated alkanes) is 1. The zero-order valence-electron chi connectivity index (χ0n) is 20.2. The van der Waals surface area contributed by atoms with E-state index in [1.54, 1.807) is 32.9 Å². The fraction of sp³-hybridized carbons (Fsp3) is 0.417. The van der Waals surface area contributed by atoms with Crippen LogP contribution in [0.2, 0.25) is 0 Å². The van der Waals surface area contributed by atoms with Crippen LogP contribution in [0.4, 0.5) is 11.5 Å². The second kappa shape index (κ2) is 10.4. The van der Waals surface area contributed by atoms with Gasteiger partial charge in [-0.2, -0.15) is 0 Å². The average Bonchev–Trinajstić information content (AvgIpc) is 3.15. The Bertz CT molecular complexity index is 1270. The summed E-state index contributed by atoms with van der Waals surface area (Å²) in [5.74, 6) is -0.0598. The highest BCUT2D eigenvalue weighted by Gasteiger charge is 2.32. The highest BCUT2D eigenvalue weighted by atomic mass is 16.5. The van der Waals surface area contributed by atoms with E-state index in [0.29, 0.717) is 41.3 Å². The monoisotopic (exact) mass is 469 g/mol.